The Morgan fingerprint density at radius 1 is 0.481 bits per heavy atom. The zero-order valence-electron chi connectivity index (χ0n) is 29.0. The highest BCUT2D eigenvalue weighted by atomic mass is 15.0. The molecule has 10 rings (SSSR count). The molecular weight excluding hydrogens is 659 g/mol. The summed E-state index contributed by atoms with van der Waals surface area (Å²) < 4.78 is 4.67. The number of benzene rings is 7. The Morgan fingerprint density at radius 3 is 1.59 bits per heavy atom. The molecule has 5 nitrogen and oxygen atoms in total. The predicted octanol–water partition coefficient (Wildman–Crippen LogP) is 12.7. The molecular formula is C49H29N5. The number of nitriles is 1. The molecule has 0 aliphatic carbocycles. The average Bonchev–Trinajstić information content (AvgIpc) is 3.76. The molecule has 0 atom stereocenters. The Hall–Kier alpha value is -7.73. The van der Waals surface area contributed by atoms with E-state index >= 15 is 0 Å². The van der Waals surface area contributed by atoms with Crippen LogP contribution < -0.4 is 0 Å². The molecule has 54 heavy (non-hydrogen) atoms. The molecule has 3 heterocycles. The highest BCUT2D eigenvalue weighted by Crippen LogP contribution is 2.47. The first-order valence-electron chi connectivity index (χ1n) is 17.8. The molecule has 0 amide bonds. The second kappa shape index (κ2) is 12.5. The lowest BCUT2D eigenvalue weighted by Crippen LogP contribution is -1.98. The second-order valence-corrected chi connectivity index (χ2v) is 13.3. The van der Waals surface area contributed by atoms with E-state index in [0.29, 0.717) is 28.2 Å². The van der Waals surface area contributed by atoms with E-state index in [1.165, 1.54) is 10.8 Å². The van der Waals surface area contributed by atoms with Crippen LogP contribution in [0.15, 0.2) is 176 Å². The van der Waals surface area contributed by atoms with E-state index in [1.54, 1.807) is 0 Å². The summed E-state index contributed by atoms with van der Waals surface area (Å²) in [7, 11) is 0. The van der Waals surface area contributed by atoms with Crippen molar-refractivity contribution in [3.8, 4) is 51.1 Å². The second-order valence-electron chi connectivity index (χ2n) is 13.3. The van der Waals surface area contributed by atoms with E-state index in [4.69, 9.17) is 11.6 Å². The zero-order valence-corrected chi connectivity index (χ0v) is 29.0. The molecule has 0 bridgehead atoms. The van der Waals surface area contributed by atoms with Gasteiger partial charge in [0.1, 0.15) is 6.07 Å². The van der Waals surface area contributed by atoms with Gasteiger partial charge in [0, 0.05) is 44.0 Å². The van der Waals surface area contributed by atoms with Gasteiger partial charge in [-0.05, 0) is 59.7 Å². The number of nitrogens with zero attached hydrogens (tertiary/aromatic N) is 5. The summed E-state index contributed by atoms with van der Waals surface area (Å²) >= 11 is 0. The molecule has 10 aromatic rings. The summed E-state index contributed by atoms with van der Waals surface area (Å²) in [6, 6.07) is 62.4. The fourth-order valence-electron chi connectivity index (χ4n) is 8.11. The minimum Gasteiger partial charge on any atom is -0.309 e. The summed E-state index contributed by atoms with van der Waals surface area (Å²) in [5.74, 6) is 0. The highest BCUT2D eigenvalue weighted by molar-refractivity contribution is 6.29. The number of fused-ring (bicyclic) bond motifs is 7. The lowest BCUT2D eigenvalue weighted by molar-refractivity contribution is 1.17. The lowest BCUT2D eigenvalue weighted by atomic mass is 9.92. The van der Waals surface area contributed by atoms with E-state index in [-0.39, 0.29) is 0 Å². The topological polar surface area (TPSA) is 50.9 Å². The van der Waals surface area contributed by atoms with Gasteiger partial charge in [0.15, 0.2) is 0 Å². The van der Waals surface area contributed by atoms with Crippen LogP contribution >= 0.6 is 0 Å². The molecule has 0 unspecified atom stereocenters. The van der Waals surface area contributed by atoms with Crippen LogP contribution in [0.25, 0.3) is 93.5 Å². The van der Waals surface area contributed by atoms with Crippen LogP contribution in [-0.2, 0) is 0 Å². The SMILES string of the molecule is [C-]#[N+]c1c(-c2ccc3c4c5c6ccccc6n(-c6ccccc6)c5ccc4n(-c4ccccc4)c3c2)nc(-c2ccccc2)c(C#N)c1-c1ccccc1. The predicted molar refractivity (Wildman–Crippen MR) is 220 cm³/mol. The molecule has 0 radical (unpaired) electrons. The van der Waals surface area contributed by atoms with Crippen molar-refractivity contribution < 1.29 is 0 Å². The van der Waals surface area contributed by atoms with Gasteiger partial charge in [0.2, 0.25) is 5.69 Å². The van der Waals surface area contributed by atoms with Gasteiger partial charge in [-0.1, -0.05) is 127 Å². The largest absolute Gasteiger partial charge is 0.309 e. The van der Waals surface area contributed by atoms with Crippen LogP contribution in [0.3, 0.4) is 0 Å². The molecule has 0 saturated heterocycles. The third kappa shape index (κ3) is 4.67. The number of para-hydroxylation sites is 3. The zero-order chi connectivity index (χ0) is 36.2. The molecule has 250 valence electrons. The summed E-state index contributed by atoms with van der Waals surface area (Å²) in [5.41, 5.74) is 11.4. The maximum Gasteiger partial charge on any atom is 0.221 e. The van der Waals surface area contributed by atoms with Crippen molar-refractivity contribution in [1.29, 1.82) is 5.26 Å². The number of aromatic nitrogens is 3. The van der Waals surface area contributed by atoms with Crippen molar-refractivity contribution in [3.63, 3.8) is 0 Å². The first kappa shape index (κ1) is 31.0. The lowest BCUT2D eigenvalue weighted by Gasteiger charge is -2.16. The third-order valence-electron chi connectivity index (χ3n) is 10.4. The Morgan fingerprint density at radius 2 is 1.00 bits per heavy atom. The van der Waals surface area contributed by atoms with Gasteiger partial charge in [-0.15, -0.1) is 0 Å². The quantitative estimate of drug-likeness (QED) is 0.169. The van der Waals surface area contributed by atoms with E-state index in [2.05, 4.69) is 129 Å². The fraction of sp³-hybridized carbons (Fsp3) is 0. The van der Waals surface area contributed by atoms with Gasteiger partial charge in [-0.25, -0.2) is 4.85 Å². The van der Waals surface area contributed by atoms with Gasteiger partial charge in [0.05, 0.1) is 45.6 Å². The Kier molecular flexibility index (Phi) is 7.18. The fourth-order valence-corrected chi connectivity index (χ4v) is 8.11. The monoisotopic (exact) mass is 687 g/mol. The number of hydrogen-bond acceptors (Lipinski definition) is 2. The molecule has 0 spiro atoms. The van der Waals surface area contributed by atoms with Crippen LogP contribution in [-0.4, -0.2) is 14.1 Å². The van der Waals surface area contributed by atoms with Crippen LogP contribution in [0, 0.1) is 17.9 Å². The number of pyridine rings is 1. The first-order valence-corrected chi connectivity index (χ1v) is 17.8. The van der Waals surface area contributed by atoms with Crippen molar-refractivity contribution in [1.82, 2.24) is 14.1 Å². The smallest absolute Gasteiger partial charge is 0.221 e. The summed E-state index contributed by atoms with van der Waals surface area (Å²) in [5, 5.41) is 15.3. The van der Waals surface area contributed by atoms with Gasteiger partial charge >= 0.3 is 0 Å². The van der Waals surface area contributed by atoms with Crippen molar-refractivity contribution >= 4 is 49.3 Å². The Bertz CT molecular complexity index is 3150. The third-order valence-corrected chi connectivity index (χ3v) is 10.4. The molecule has 0 N–H and O–H groups in total. The van der Waals surface area contributed by atoms with Crippen LogP contribution in [0.4, 0.5) is 5.69 Å². The Labute approximate surface area is 311 Å². The van der Waals surface area contributed by atoms with Crippen LogP contribution in [0.1, 0.15) is 5.56 Å². The summed E-state index contributed by atoms with van der Waals surface area (Å²) in [6.07, 6.45) is 0. The molecule has 5 heteroatoms. The van der Waals surface area contributed by atoms with E-state index in [0.717, 1.165) is 60.9 Å². The van der Waals surface area contributed by atoms with Crippen LogP contribution in [0.2, 0.25) is 0 Å². The number of rotatable bonds is 5. The van der Waals surface area contributed by atoms with Gasteiger partial charge in [0.25, 0.3) is 0 Å². The maximum absolute atomic E-state index is 10.6. The van der Waals surface area contributed by atoms with Crippen molar-refractivity contribution in [2.45, 2.75) is 0 Å². The molecule has 3 aromatic heterocycles. The highest BCUT2D eigenvalue weighted by Gasteiger charge is 2.25. The first-order chi connectivity index (χ1) is 26.7. The average molecular weight is 688 g/mol. The molecule has 0 saturated carbocycles. The van der Waals surface area contributed by atoms with Gasteiger partial charge in [-0.2, -0.15) is 5.26 Å². The van der Waals surface area contributed by atoms with Crippen LogP contribution in [0.5, 0.6) is 0 Å². The molecule has 0 aliphatic rings. The van der Waals surface area contributed by atoms with Crippen molar-refractivity contribution in [3.05, 3.63) is 193 Å². The molecule has 7 aromatic carbocycles. The van der Waals surface area contributed by atoms with E-state index in [9.17, 15) is 5.26 Å². The van der Waals surface area contributed by atoms with E-state index < -0.39 is 0 Å². The maximum atomic E-state index is 10.6. The van der Waals surface area contributed by atoms with Crippen molar-refractivity contribution in [2.75, 3.05) is 0 Å². The summed E-state index contributed by atoms with van der Waals surface area (Å²) in [4.78, 5) is 9.29. The molecule has 0 fully saturated rings. The Balaban J connectivity index is 1.33. The summed E-state index contributed by atoms with van der Waals surface area (Å²) in [6.45, 7) is 8.51. The van der Waals surface area contributed by atoms with Gasteiger partial charge in [-0.3, -0.25) is 4.98 Å². The molecule has 0 aliphatic heterocycles. The standard InChI is InChI=1S/C49H29N5/c1-51-49-44(32-16-6-2-7-17-32)39(31-50)47(33-18-8-3-9-19-33)52-48(49)34-26-27-38-43(30-34)54(36-22-12-5-13-23-36)42-29-28-41-45(46(38)42)37-24-14-15-25-40(37)53(41)35-20-10-4-11-21-35/h2-30H. The minimum absolute atomic E-state index is 0.354. The number of hydrogen-bond donors (Lipinski definition) is 0. The normalized spacial score (nSPS) is 11.3. The van der Waals surface area contributed by atoms with Crippen molar-refractivity contribution in [2.24, 2.45) is 0 Å². The van der Waals surface area contributed by atoms with Gasteiger partial charge < -0.3 is 9.13 Å². The van der Waals surface area contributed by atoms with E-state index in [1.807, 2.05) is 66.7 Å². The minimum atomic E-state index is 0.354.